The Labute approximate surface area is 153 Å². The highest BCUT2D eigenvalue weighted by Gasteiger charge is 2.51. The van der Waals surface area contributed by atoms with Crippen LogP contribution >= 0.6 is 0 Å². The van der Waals surface area contributed by atoms with Crippen molar-refractivity contribution in [2.24, 2.45) is 0 Å². The van der Waals surface area contributed by atoms with Gasteiger partial charge in [0.25, 0.3) is 0 Å². The fraction of sp³-hybridized carbons (Fsp3) is 0.429. The molecule has 3 rings (SSSR count). The molecular formula is C21H25NO4. The van der Waals surface area contributed by atoms with Crippen LogP contribution in [0.1, 0.15) is 39.2 Å². The van der Waals surface area contributed by atoms with Crippen LogP contribution in [-0.4, -0.2) is 39.8 Å². The molecule has 2 aromatic rings. The Kier molecular flexibility index (Phi) is 4.65. The minimum atomic E-state index is -1.27. The van der Waals surface area contributed by atoms with Crippen molar-refractivity contribution >= 4 is 22.8 Å². The van der Waals surface area contributed by atoms with Crippen LogP contribution in [0.15, 0.2) is 42.5 Å². The third kappa shape index (κ3) is 3.39. The molecule has 1 aliphatic heterocycles. The summed E-state index contributed by atoms with van der Waals surface area (Å²) in [5.41, 5.74) is -1.00. The van der Waals surface area contributed by atoms with Crippen molar-refractivity contribution in [2.45, 2.75) is 51.2 Å². The lowest BCUT2D eigenvalue weighted by atomic mass is 9.86. The number of hydrogen-bond donors (Lipinski definition) is 1. The lowest BCUT2D eigenvalue weighted by Gasteiger charge is -2.36. The molecule has 138 valence electrons. The summed E-state index contributed by atoms with van der Waals surface area (Å²) in [5.74, 6) is -0.978. The summed E-state index contributed by atoms with van der Waals surface area (Å²) < 4.78 is 5.48. The van der Waals surface area contributed by atoms with Gasteiger partial charge in [0.15, 0.2) is 0 Å². The topological polar surface area (TPSA) is 66.8 Å². The number of carbonyl (C=O) groups is 2. The van der Waals surface area contributed by atoms with Gasteiger partial charge in [0, 0.05) is 13.0 Å². The van der Waals surface area contributed by atoms with E-state index in [0.29, 0.717) is 19.4 Å². The second-order valence-corrected chi connectivity index (χ2v) is 7.89. The van der Waals surface area contributed by atoms with E-state index in [0.717, 1.165) is 16.3 Å². The lowest BCUT2D eigenvalue weighted by molar-refractivity contribution is -0.149. The number of ether oxygens (including phenoxy) is 1. The molecule has 1 N–H and O–H groups in total. The average Bonchev–Trinajstić information content (AvgIpc) is 2.99. The number of aliphatic carboxylic acids is 1. The summed E-state index contributed by atoms with van der Waals surface area (Å²) in [6, 6.07) is 13.8. The third-order valence-electron chi connectivity index (χ3n) is 4.86. The van der Waals surface area contributed by atoms with Crippen molar-refractivity contribution in [1.82, 2.24) is 4.90 Å². The van der Waals surface area contributed by atoms with Gasteiger partial charge in [-0.2, -0.15) is 0 Å². The molecule has 1 amide bonds. The lowest BCUT2D eigenvalue weighted by Crippen LogP contribution is -2.55. The summed E-state index contributed by atoms with van der Waals surface area (Å²) in [5, 5.41) is 12.1. The molecule has 1 atom stereocenters. The van der Waals surface area contributed by atoms with Crippen molar-refractivity contribution in [1.29, 1.82) is 0 Å². The first-order valence-corrected chi connectivity index (χ1v) is 8.94. The zero-order valence-electron chi connectivity index (χ0n) is 15.5. The van der Waals surface area contributed by atoms with Crippen molar-refractivity contribution in [2.75, 3.05) is 6.54 Å². The number of likely N-dealkylation sites (tertiary alicyclic amines) is 1. The average molecular weight is 355 g/mol. The van der Waals surface area contributed by atoms with Crippen molar-refractivity contribution < 1.29 is 19.4 Å². The minimum Gasteiger partial charge on any atom is -0.479 e. The Morgan fingerprint density at radius 3 is 2.54 bits per heavy atom. The largest absolute Gasteiger partial charge is 0.479 e. The van der Waals surface area contributed by atoms with Gasteiger partial charge in [0.1, 0.15) is 11.1 Å². The Hall–Kier alpha value is -2.56. The van der Waals surface area contributed by atoms with Crippen LogP contribution in [0.25, 0.3) is 10.8 Å². The number of carbonyl (C=O) groups excluding carboxylic acids is 1. The van der Waals surface area contributed by atoms with Crippen LogP contribution in [0.4, 0.5) is 4.79 Å². The van der Waals surface area contributed by atoms with Gasteiger partial charge in [-0.1, -0.05) is 42.5 Å². The molecule has 0 bridgehead atoms. The summed E-state index contributed by atoms with van der Waals surface area (Å²) in [6.07, 6.45) is 0.780. The Balaban J connectivity index is 1.99. The molecule has 0 saturated carbocycles. The maximum atomic E-state index is 12.7. The van der Waals surface area contributed by atoms with Crippen LogP contribution in [0, 0.1) is 0 Å². The second kappa shape index (κ2) is 6.63. The first-order chi connectivity index (χ1) is 12.2. The molecule has 1 aliphatic rings. The molecule has 0 aromatic heterocycles. The van der Waals surface area contributed by atoms with Gasteiger partial charge in [-0.25, -0.2) is 9.59 Å². The van der Waals surface area contributed by atoms with Crippen LogP contribution < -0.4 is 0 Å². The van der Waals surface area contributed by atoms with Gasteiger partial charge in [-0.3, -0.25) is 4.90 Å². The number of hydrogen-bond acceptors (Lipinski definition) is 3. The van der Waals surface area contributed by atoms with Crippen LogP contribution in [0.3, 0.4) is 0 Å². The number of amides is 1. The van der Waals surface area contributed by atoms with E-state index in [1.165, 1.54) is 4.90 Å². The highest BCUT2D eigenvalue weighted by molar-refractivity contribution is 5.89. The number of nitrogens with zero attached hydrogens (tertiary/aromatic N) is 1. The van der Waals surface area contributed by atoms with Crippen molar-refractivity contribution in [3.8, 4) is 0 Å². The van der Waals surface area contributed by atoms with E-state index in [4.69, 9.17) is 4.74 Å². The predicted molar refractivity (Wildman–Crippen MR) is 100 cm³/mol. The zero-order chi connectivity index (χ0) is 18.9. The molecule has 0 radical (unpaired) electrons. The number of carboxylic acids is 1. The van der Waals surface area contributed by atoms with Crippen molar-refractivity contribution in [3.05, 3.63) is 48.0 Å². The van der Waals surface area contributed by atoms with E-state index in [2.05, 4.69) is 0 Å². The quantitative estimate of drug-likeness (QED) is 0.894. The SMILES string of the molecule is CC(C)(C)OC(=O)N1CCCC1(Cc1cccc2ccccc12)C(=O)O. The van der Waals surface area contributed by atoms with Gasteiger partial charge in [-0.05, 0) is 49.9 Å². The van der Waals surface area contributed by atoms with Gasteiger partial charge in [0.2, 0.25) is 0 Å². The number of benzene rings is 2. The standard InChI is InChI=1S/C21H25NO4/c1-20(2,3)26-19(25)22-13-7-12-21(22,18(23)24)14-16-10-6-9-15-8-4-5-11-17(15)16/h4-6,8-11H,7,12-14H2,1-3H3,(H,23,24). The second-order valence-electron chi connectivity index (χ2n) is 7.89. The van der Waals surface area contributed by atoms with Gasteiger partial charge in [-0.15, -0.1) is 0 Å². The summed E-state index contributed by atoms with van der Waals surface area (Å²) in [7, 11) is 0. The van der Waals surface area contributed by atoms with E-state index in [1.54, 1.807) is 20.8 Å². The zero-order valence-corrected chi connectivity index (χ0v) is 15.5. The molecule has 26 heavy (non-hydrogen) atoms. The maximum absolute atomic E-state index is 12.7. The van der Waals surface area contributed by atoms with Gasteiger partial charge < -0.3 is 9.84 Å². The molecule has 1 saturated heterocycles. The van der Waals surface area contributed by atoms with Gasteiger partial charge >= 0.3 is 12.1 Å². The Morgan fingerprint density at radius 2 is 1.85 bits per heavy atom. The van der Waals surface area contributed by atoms with E-state index in [-0.39, 0.29) is 6.42 Å². The number of rotatable bonds is 3. The predicted octanol–water partition coefficient (Wildman–Crippen LogP) is 4.24. The minimum absolute atomic E-state index is 0.267. The molecule has 2 aromatic carbocycles. The highest BCUT2D eigenvalue weighted by atomic mass is 16.6. The summed E-state index contributed by atoms with van der Waals surface area (Å²) >= 11 is 0. The fourth-order valence-corrected chi connectivity index (χ4v) is 3.71. The number of carboxylic acid groups (broad SMARTS) is 1. The molecule has 1 unspecified atom stereocenters. The monoisotopic (exact) mass is 355 g/mol. The highest BCUT2D eigenvalue weighted by Crippen LogP contribution is 2.36. The molecule has 1 heterocycles. The molecule has 1 fully saturated rings. The van der Waals surface area contributed by atoms with Crippen LogP contribution in [-0.2, 0) is 16.0 Å². The van der Waals surface area contributed by atoms with Crippen molar-refractivity contribution in [3.63, 3.8) is 0 Å². The molecular weight excluding hydrogens is 330 g/mol. The third-order valence-corrected chi connectivity index (χ3v) is 4.86. The Morgan fingerprint density at radius 1 is 1.15 bits per heavy atom. The molecule has 0 aliphatic carbocycles. The Bertz CT molecular complexity index is 834. The number of fused-ring (bicyclic) bond motifs is 1. The van der Waals surface area contributed by atoms with Crippen LogP contribution in [0.5, 0.6) is 0 Å². The smallest absolute Gasteiger partial charge is 0.411 e. The first kappa shape index (κ1) is 18.2. The summed E-state index contributed by atoms with van der Waals surface area (Å²) in [4.78, 5) is 26.4. The summed E-state index contributed by atoms with van der Waals surface area (Å²) in [6.45, 7) is 5.75. The van der Waals surface area contributed by atoms with Gasteiger partial charge in [0.05, 0.1) is 0 Å². The molecule has 5 nitrogen and oxygen atoms in total. The van der Waals surface area contributed by atoms with E-state index in [1.807, 2.05) is 42.5 Å². The normalized spacial score (nSPS) is 20.3. The van der Waals surface area contributed by atoms with E-state index in [9.17, 15) is 14.7 Å². The molecule has 5 heteroatoms. The first-order valence-electron chi connectivity index (χ1n) is 8.94. The maximum Gasteiger partial charge on any atom is 0.411 e. The van der Waals surface area contributed by atoms with E-state index < -0.39 is 23.2 Å². The van der Waals surface area contributed by atoms with Crippen LogP contribution in [0.2, 0.25) is 0 Å². The van der Waals surface area contributed by atoms with E-state index >= 15 is 0 Å². The molecule has 0 spiro atoms. The fourth-order valence-electron chi connectivity index (χ4n) is 3.71.